The number of hydrogen-bond donors (Lipinski definition) is 0. The van der Waals surface area contributed by atoms with Crippen molar-refractivity contribution in [3.8, 4) is 22.3 Å². The van der Waals surface area contributed by atoms with Crippen LogP contribution in [0.15, 0.2) is 97.3 Å². The molecule has 2 aromatic carbocycles. The third kappa shape index (κ3) is 3.58. The van der Waals surface area contributed by atoms with Gasteiger partial charge in [-0.1, -0.05) is 0 Å². The first-order valence-electron chi connectivity index (χ1n) is 8.03. The molecular formula is C22H16IrN2+. The van der Waals surface area contributed by atoms with Crippen molar-refractivity contribution in [2.45, 2.75) is 0 Å². The van der Waals surface area contributed by atoms with E-state index in [1.54, 1.807) is 0 Å². The summed E-state index contributed by atoms with van der Waals surface area (Å²) in [6.45, 7) is 0. The predicted octanol–water partition coefficient (Wildman–Crippen LogP) is 3.84. The van der Waals surface area contributed by atoms with E-state index in [-0.39, 0.29) is 0 Å². The normalized spacial score (nSPS) is 10.7. The van der Waals surface area contributed by atoms with E-state index in [4.69, 9.17) is 9.97 Å². The molecule has 0 fully saturated rings. The predicted molar refractivity (Wildman–Crippen MR) is 98.6 cm³/mol. The topological polar surface area (TPSA) is 25.8 Å². The molecule has 4 aromatic rings. The van der Waals surface area contributed by atoms with Gasteiger partial charge in [-0.15, -0.1) is 0 Å². The molecule has 0 unspecified atom stereocenters. The van der Waals surface area contributed by atoms with E-state index in [2.05, 4.69) is 60.7 Å². The summed E-state index contributed by atoms with van der Waals surface area (Å²) in [7, 11) is 0. The quantitative estimate of drug-likeness (QED) is 0.426. The van der Waals surface area contributed by atoms with Gasteiger partial charge >= 0.3 is 156 Å². The van der Waals surface area contributed by atoms with Gasteiger partial charge in [-0.3, -0.25) is 0 Å². The minimum atomic E-state index is -0.651. The Morgan fingerprint density at radius 2 is 0.920 bits per heavy atom. The van der Waals surface area contributed by atoms with Crippen LogP contribution < -0.4 is 8.42 Å². The number of benzene rings is 2. The molecule has 0 aliphatic rings. The number of aromatic nitrogens is 2. The van der Waals surface area contributed by atoms with Crippen molar-refractivity contribution in [1.29, 1.82) is 0 Å². The van der Waals surface area contributed by atoms with Crippen LogP contribution in [0.5, 0.6) is 0 Å². The zero-order valence-corrected chi connectivity index (χ0v) is 15.9. The summed E-state index contributed by atoms with van der Waals surface area (Å²) in [5.41, 5.74) is 4.86. The number of rotatable bonds is 4. The molecule has 0 saturated carbocycles. The summed E-state index contributed by atoms with van der Waals surface area (Å²) in [5, 5.41) is 0. The third-order valence-corrected chi connectivity index (χ3v) is 6.85. The molecule has 2 nitrogen and oxygen atoms in total. The minimum absolute atomic E-state index is 0.651. The zero-order chi connectivity index (χ0) is 16.9. The maximum atomic E-state index is 4.70. The molecule has 0 radical (unpaired) electrons. The van der Waals surface area contributed by atoms with Gasteiger partial charge < -0.3 is 0 Å². The van der Waals surface area contributed by atoms with E-state index in [0.717, 1.165) is 0 Å². The average Bonchev–Trinajstić information content (AvgIpc) is 2.70. The fourth-order valence-corrected chi connectivity index (χ4v) is 5.56. The van der Waals surface area contributed by atoms with Crippen LogP contribution in [0.25, 0.3) is 22.3 Å². The second-order valence-electron chi connectivity index (χ2n) is 5.46. The second kappa shape index (κ2) is 7.52. The molecule has 0 aliphatic carbocycles. The standard InChI is InChI=1S/2C11H8N.Ir/c2*1-2-5-10(6-3-1)11-7-4-8-12-9-11;/h2*1-8H;/q;;+1. The van der Waals surface area contributed by atoms with E-state index in [0.29, 0.717) is 0 Å². The van der Waals surface area contributed by atoms with E-state index in [9.17, 15) is 0 Å². The molecule has 4 rings (SSSR count). The van der Waals surface area contributed by atoms with Gasteiger partial charge in [0, 0.05) is 0 Å². The molecule has 0 bridgehead atoms. The first-order valence-corrected chi connectivity index (χ1v) is 10.4. The van der Waals surface area contributed by atoms with Crippen molar-refractivity contribution in [1.82, 2.24) is 9.97 Å². The van der Waals surface area contributed by atoms with Gasteiger partial charge in [0.25, 0.3) is 0 Å². The van der Waals surface area contributed by atoms with Gasteiger partial charge in [0.05, 0.1) is 0 Å². The van der Waals surface area contributed by atoms with Crippen LogP contribution in [0.3, 0.4) is 0 Å². The van der Waals surface area contributed by atoms with Gasteiger partial charge in [0.15, 0.2) is 0 Å². The molecule has 122 valence electrons. The van der Waals surface area contributed by atoms with Crippen molar-refractivity contribution in [3.05, 3.63) is 97.3 Å². The van der Waals surface area contributed by atoms with Gasteiger partial charge in [0.2, 0.25) is 0 Å². The van der Waals surface area contributed by atoms with Crippen molar-refractivity contribution < 1.29 is 17.7 Å². The Kier molecular flexibility index (Phi) is 4.78. The summed E-state index contributed by atoms with van der Waals surface area (Å²) >= 11 is -0.651. The summed E-state index contributed by atoms with van der Waals surface area (Å²) in [6, 6.07) is 29.3. The average molecular weight is 501 g/mol. The van der Waals surface area contributed by atoms with Crippen molar-refractivity contribution >= 4 is 8.42 Å². The summed E-state index contributed by atoms with van der Waals surface area (Å²) in [5.74, 6) is 0. The Morgan fingerprint density at radius 1 is 0.480 bits per heavy atom. The van der Waals surface area contributed by atoms with Crippen LogP contribution in [-0.4, -0.2) is 9.97 Å². The van der Waals surface area contributed by atoms with Crippen molar-refractivity contribution in [2.24, 2.45) is 0 Å². The van der Waals surface area contributed by atoms with Gasteiger partial charge in [-0.2, -0.15) is 0 Å². The van der Waals surface area contributed by atoms with Gasteiger partial charge in [-0.05, 0) is 0 Å². The Labute approximate surface area is 155 Å². The fourth-order valence-electron chi connectivity index (χ4n) is 2.62. The number of nitrogens with zero attached hydrogens (tertiary/aromatic N) is 2. The van der Waals surface area contributed by atoms with E-state index in [1.807, 2.05) is 36.7 Å². The van der Waals surface area contributed by atoms with Crippen LogP contribution in [0.1, 0.15) is 0 Å². The number of pyridine rings is 2. The van der Waals surface area contributed by atoms with Crippen LogP contribution in [0, 0.1) is 0 Å². The van der Waals surface area contributed by atoms with Crippen LogP contribution in [0.2, 0.25) is 0 Å². The second-order valence-corrected chi connectivity index (χ2v) is 8.32. The van der Waals surface area contributed by atoms with Gasteiger partial charge in [0.1, 0.15) is 0 Å². The Hall–Kier alpha value is -2.61. The summed E-state index contributed by atoms with van der Waals surface area (Å²) in [4.78, 5) is 9.40. The third-order valence-electron chi connectivity index (χ3n) is 3.81. The first-order chi connectivity index (χ1) is 12.4. The number of hydrogen-bond acceptors (Lipinski definition) is 2. The Balaban J connectivity index is 1.76. The SMILES string of the molecule is c1ccc(-c2cccn[c]2[Ir+][c]2ncccc2-c2ccccc2)cc1. The fraction of sp³-hybridized carbons (Fsp3) is 0. The molecule has 0 N–H and O–H groups in total. The van der Waals surface area contributed by atoms with Gasteiger partial charge in [-0.25, -0.2) is 0 Å². The molecule has 2 heterocycles. The first kappa shape index (κ1) is 15.9. The monoisotopic (exact) mass is 501 g/mol. The maximum absolute atomic E-state index is 4.70. The molecule has 3 heteroatoms. The molecule has 0 aliphatic heterocycles. The molecule has 0 saturated heterocycles. The molecule has 0 amide bonds. The zero-order valence-electron chi connectivity index (χ0n) is 13.5. The summed E-state index contributed by atoms with van der Waals surface area (Å²) < 4.78 is 2.34. The van der Waals surface area contributed by atoms with E-state index < -0.39 is 17.7 Å². The van der Waals surface area contributed by atoms with Crippen LogP contribution in [0.4, 0.5) is 0 Å². The van der Waals surface area contributed by atoms with Crippen LogP contribution in [-0.2, 0) is 17.7 Å². The molecular weight excluding hydrogens is 484 g/mol. The Bertz CT molecular complexity index is 888. The molecule has 25 heavy (non-hydrogen) atoms. The summed E-state index contributed by atoms with van der Waals surface area (Å²) in [6.07, 6.45) is 3.77. The van der Waals surface area contributed by atoms with Crippen molar-refractivity contribution in [2.75, 3.05) is 0 Å². The van der Waals surface area contributed by atoms with Crippen LogP contribution >= 0.6 is 0 Å². The van der Waals surface area contributed by atoms with Crippen molar-refractivity contribution in [3.63, 3.8) is 0 Å². The van der Waals surface area contributed by atoms with E-state index >= 15 is 0 Å². The van der Waals surface area contributed by atoms with E-state index in [1.165, 1.54) is 30.7 Å². The molecule has 2 aromatic heterocycles. The molecule has 0 spiro atoms. The Morgan fingerprint density at radius 3 is 1.36 bits per heavy atom. The molecule has 0 atom stereocenters.